The molecule has 3 aromatic rings. The van der Waals surface area contributed by atoms with Crippen LogP contribution in [0.3, 0.4) is 0 Å². The van der Waals surface area contributed by atoms with Gasteiger partial charge in [0.15, 0.2) is 5.89 Å². The van der Waals surface area contributed by atoms with Gasteiger partial charge in [-0.25, -0.2) is 9.37 Å². The van der Waals surface area contributed by atoms with Crippen LogP contribution in [0.2, 0.25) is 0 Å². The standard InChI is InChI=1S/C23H25FN4O2/c1-14-9-17(24)3-4-18(14)20-6-5-19(25)21(27-20)11-23(29)28-8-7-16(13-28)10-22-26-12-15(2)30-22/h3-6,9,12,16H,7-8,10-11,13,25H2,1-2H3. The van der Waals surface area contributed by atoms with Crippen LogP contribution in [0.25, 0.3) is 11.3 Å². The third-order valence-corrected chi connectivity index (χ3v) is 5.56. The van der Waals surface area contributed by atoms with Gasteiger partial charge in [-0.3, -0.25) is 9.78 Å². The second kappa shape index (κ2) is 8.26. The van der Waals surface area contributed by atoms with E-state index in [-0.39, 0.29) is 18.1 Å². The van der Waals surface area contributed by atoms with Gasteiger partial charge in [-0.1, -0.05) is 0 Å². The molecule has 2 N–H and O–H groups in total. The summed E-state index contributed by atoms with van der Waals surface area (Å²) in [6, 6.07) is 8.13. The minimum absolute atomic E-state index is 0.00765. The summed E-state index contributed by atoms with van der Waals surface area (Å²) in [7, 11) is 0. The number of likely N-dealkylation sites (tertiary alicyclic amines) is 1. The van der Waals surface area contributed by atoms with E-state index >= 15 is 0 Å². The number of anilines is 1. The number of nitrogens with zero attached hydrogens (tertiary/aromatic N) is 3. The number of aromatic nitrogens is 2. The van der Waals surface area contributed by atoms with Crippen LogP contribution in [0.5, 0.6) is 0 Å². The Balaban J connectivity index is 1.44. The minimum Gasteiger partial charge on any atom is -0.446 e. The number of pyridine rings is 1. The molecule has 0 bridgehead atoms. The third kappa shape index (κ3) is 4.35. The lowest BCUT2D eigenvalue weighted by Crippen LogP contribution is -2.30. The summed E-state index contributed by atoms with van der Waals surface area (Å²) in [4.78, 5) is 23.6. The molecule has 1 atom stereocenters. The van der Waals surface area contributed by atoms with Gasteiger partial charge in [0.05, 0.1) is 29.7 Å². The molecule has 0 radical (unpaired) electrons. The first-order valence-corrected chi connectivity index (χ1v) is 10.1. The van der Waals surface area contributed by atoms with E-state index < -0.39 is 0 Å². The topological polar surface area (TPSA) is 85.2 Å². The highest BCUT2D eigenvalue weighted by Gasteiger charge is 2.28. The monoisotopic (exact) mass is 408 g/mol. The van der Waals surface area contributed by atoms with Gasteiger partial charge in [0, 0.05) is 25.1 Å². The Kier molecular flexibility index (Phi) is 5.53. The van der Waals surface area contributed by atoms with Gasteiger partial charge in [0.25, 0.3) is 0 Å². The molecule has 4 rings (SSSR count). The van der Waals surface area contributed by atoms with Crippen LogP contribution in [0.4, 0.5) is 10.1 Å². The van der Waals surface area contributed by atoms with Crippen LogP contribution in [0.15, 0.2) is 40.9 Å². The average Bonchev–Trinajstić information content (AvgIpc) is 3.33. The van der Waals surface area contributed by atoms with E-state index in [2.05, 4.69) is 9.97 Å². The molecule has 1 unspecified atom stereocenters. The van der Waals surface area contributed by atoms with Gasteiger partial charge in [0.2, 0.25) is 5.91 Å². The number of aryl methyl sites for hydroxylation is 2. The Bertz CT molecular complexity index is 1080. The fraction of sp³-hybridized carbons (Fsp3) is 0.348. The van der Waals surface area contributed by atoms with Crippen LogP contribution in [0, 0.1) is 25.6 Å². The zero-order chi connectivity index (χ0) is 21.3. The lowest BCUT2D eigenvalue weighted by atomic mass is 10.0. The van der Waals surface area contributed by atoms with Crippen molar-refractivity contribution in [2.45, 2.75) is 33.1 Å². The Hall–Kier alpha value is -3.22. The van der Waals surface area contributed by atoms with E-state index in [1.165, 1.54) is 12.1 Å². The molecule has 3 heterocycles. The summed E-state index contributed by atoms with van der Waals surface area (Å²) in [5.41, 5.74) is 9.42. The smallest absolute Gasteiger partial charge is 0.228 e. The van der Waals surface area contributed by atoms with Crippen molar-refractivity contribution in [2.24, 2.45) is 5.92 Å². The second-order valence-electron chi connectivity index (χ2n) is 7.93. The average molecular weight is 408 g/mol. The van der Waals surface area contributed by atoms with Crippen LogP contribution in [-0.2, 0) is 17.6 Å². The summed E-state index contributed by atoms with van der Waals surface area (Å²) < 4.78 is 19.0. The summed E-state index contributed by atoms with van der Waals surface area (Å²) in [6.07, 6.45) is 3.52. The molecular weight excluding hydrogens is 383 g/mol. The number of nitrogen functional groups attached to an aromatic ring is 1. The van der Waals surface area contributed by atoms with Crippen LogP contribution >= 0.6 is 0 Å². The van der Waals surface area contributed by atoms with Crippen LogP contribution < -0.4 is 5.73 Å². The normalized spacial score (nSPS) is 16.2. The number of hydrogen-bond acceptors (Lipinski definition) is 5. The SMILES string of the molecule is Cc1cnc(CC2CCN(C(=O)Cc3nc(-c4ccc(F)cc4C)ccc3N)C2)o1. The maximum atomic E-state index is 13.4. The highest BCUT2D eigenvalue weighted by Crippen LogP contribution is 2.26. The molecule has 1 aromatic carbocycles. The first-order chi connectivity index (χ1) is 14.4. The lowest BCUT2D eigenvalue weighted by Gasteiger charge is -2.17. The van der Waals surface area contributed by atoms with Crippen molar-refractivity contribution in [3.63, 3.8) is 0 Å². The van der Waals surface area contributed by atoms with Gasteiger partial charge in [-0.05, 0) is 62.1 Å². The highest BCUT2D eigenvalue weighted by molar-refractivity contribution is 5.80. The van der Waals surface area contributed by atoms with Gasteiger partial charge in [0.1, 0.15) is 11.6 Å². The van der Waals surface area contributed by atoms with Crippen molar-refractivity contribution >= 4 is 11.6 Å². The summed E-state index contributed by atoms with van der Waals surface area (Å²) in [5, 5.41) is 0. The Morgan fingerprint density at radius 3 is 2.87 bits per heavy atom. The Labute approximate surface area is 174 Å². The molecule has 1 fully saturated rings. The molecule has 1 aliphatic heterocycles. The number of carbonyl (C=O) groups excluding carboxylic acids is 1. The van der Waals surface area contributed by atoms with E-state index in [1.54, 1.807) is 24.4 Å². The van der Waals surface area contributed by atoms with E-state index in [0.717, 1.165) is 35.6 Å². The molecule has 7 heteroatoms. The third-order valence-electron chi connectivity index (χ3n) is 5.56. The number of rotatable bonds is 5. The number of benzene rings is 1. The largest absolute Gasteiger partial charge is 0.446 e. The van der Waals surface area contributed by atoms with Crippen molar-refractivity contribution < 1.29 is 13.6 Å². The Morgan fingerprint density at radius 1 is 1.30 bits per heavy atom. The second-order valence-corrected chi connectivity index (χ2v) is 7.93. The van der Waals surface area contributed by atoms with Crippen molar-refractivity contribution in [3.8, 4) is 11.3 Å². The molecule has 30 heavy (non-hydrogen) atoms. The maximum Gasteiger partial charge on any atom is 0.228 e. The van der Waals surface area contributed by atoms with E-state index in [9.17, 15) is 9.18 Å². The zero-order valence-electron chi connectivity index (χ0n) is 17.2. The number of oxazole rings is 1. The van der Waals surface area contributed by atoms with Crippen molar-refractivity contribution in [3.05, 3.63) is 65.3 Å². The van der Waals surface area contributed by atoms with Crippen molar-refractivity contribution in [2.75, 3.05) is 18.8 Å². The quantitative estimate of drug-likeness (QED) is 0.696. The number of nitrogens with two attached hydrogens (primary N) is 1. The number of carbonyl (C=O) groups is 1. The highest BCUT2D eigenvalue weighted by atomic mass is 19.1. The van der Waals surface area contributed by atoms with Gasteiger partial charge >= 0.3 is 0 Å². The molecule has 0 aliphatic carbocycles. The number of hydrogen-bond donors (Lipinski definition) is 1. The molecule has 0 spiro atoms. The van der Waals surface area contributed by atoms with Crippen molar-refractivity contribution in [1.82, 2.24) is 14.9 Å². The molecule has 1 amide bonds. The lowest BCUT2D eigenvalue weighted by molar-refractivity contribution is -0.129. The maximum absolute atomic E-state index is 13.4. The molecule has 1 saturated heterocycles. The molecule has 156 valence electrons. The first-order valence-electron chi connectivity index (χ1n) is 10.1. The molecule has 0 saturated carbocycles. The zero-order valence-corrected chi connectivity index (χ0v) is 17.2. The summed E-state index contributed by atoms with van der Waals surface area (Å²) >= 11 is 0. The predicted molar refractivity (Wildman–Crippen MR) is 112 cm³/mol. The van der Waals surface area contributed by atoms with Crippen LogP contribution in [0.1, 0.15) is 29.3 Å². The first kappa shape index (κ1) is 20.1. The summed E-state index contributed by atoms with van der Waals surface area (Å²) in [5.74, 6) is 1.58. The molecule has 2 aromatic heterocycles. The van der Waals surface area contributed by atoms with Crippen molar-refractivity contribution in [1.29, 1.82) is 0 Å². The van der Waals surface area contributed by atoms with Gasteiger partial charge in [-0.15, -0.1) is 0 Å². The van der Waals surface area contributed by atoms with E-state index in [1.807, 2.05) is 18.7 Å². The van der Waals surface area contributed by atoms with E-state index in [0.29, 0.717) is 36.1 Å². The summed E-state index contributed by atoms with van der Waals surface area (Å²) in [6.45, 7) is 5.09. The minimum atomic E-state index is -0.286. The van der Waals surface area contributed by atoms with Gasteiger partial charge < -0.3 is 15.1 Å². The fourth-order valence-corrected chi connectivity index (χ4v) is 3.94. The molecule has 1 aliphatic rings. The predicted octanol–water partition coefficient (Wildman–Crippen LogP) is 3.71. The Morgan fingerprint density at radius 2 is 2.13 bits per heavy atom. The van der Waals surface area contributed by atoms with Gasteiger partial charge in [-0.2, -0.15) is 0 Å². The van der Waals surface area contributed by atoms with E-state index in [4.69, 9.17) is 10.2 Å². The molecular formula is C23H25FN4O2. The van der Waals surface area contributed by atoms with Crippen LogP contribution in [-0.4, -0.2) is 33.9 Å². The fourth-order valence-electron chi connectivity index (χ4n) is 3.94. The number of amides is 1. The molecule has 6 nitrogen and oxygen atoms in total. The number of halogens is 1.